The van der Waals surface area contributed by atoms with Crippen LogP contribution in [0.3, 0.4) is 0 Å². The van der Waals surface area contributed by atoms with Gasteiger partial charge in [-0.25, -0.2) is 0 Å². The molecule has 0 bridgehead atoms. The Labute approximate surface area is 305 Å². The molecule has 0 spiro atoms. The number of rotatable bonds is 8. The number of hydrogen-bond donors (Lipinski definition) is 0. The second kappa shape index (κ2) is 24.3. The summed E-state index contributed by atoms with van der Waals surface area (Å²) in [6.07, 6.45) is 2.67. The van der Waals surface area contributed by atoms with Crippen molar-refractivity contribution in [3.63, 3.8) is 0 Å². The fraction of sp³-hybridized carbons (Fsp3) is 0.432. The molecule has 2 nitrogen and oxygen atoms in total. The van der Waals surface area contributed by atoms with Crippen molar-refractivity contribution in [1.82, 2.24) is 0 Å². The van der Waals surface area contributed by atoms with Gasteiger partial charge in [0.05, 0.1) is 5.75 Å². The maximum absolute atomic E-state index is 6.01. The third-order valence-electron chi connectivity index (χ3n) is 6.59. The molecule has 4 aromatic rings. The van der Waals surface area contributed by atoms with E-state index in [0.29, 0.717) is 0 Å². The molecule has 0 aliphatic rings. The fourth-order valence-electron chi connectivity index (χ4n) is 4.71. The van der Waals surface area contributed by atoms with Crippen LogP contribution in [0.2, 0.25) is 0 Å². The maximum atomic E-state index is 6.01. The molecule has 0 fully saturated rings. The van der Waals surface area contributed by atoms with Crippen molar-refractivity contribution in [2.45, 2.75) is 127 Å². The molecule has 0 radical (unpaired) electrons. The van der Waals surface area contributed by atoms with Crippen LogP contribution in [0.25, 0.3) is 0 Å². The Morgan fingerprint density at radius 2 is 0.745 bits per heavy atom. The smallest absolute Gasteiger partial charge is 0.120 e. The van der Waals surface area contributed by atoms with Crippen LogP contribution < -0.4 is 9.47 Å². The molecule has 260 valence electrons. The zero-order valence-electron chi connectivity index (χ0n) is 32.2. The minimum absolute atomic E-state index is 0. The Balaban J connectivity index is 0. The predicted molar refractivity (Wildman–Crippen MR) is 205 cm³/mol. The Hall–Kier alpha value is -2.83. The standard InChI is InChI=1S/C36H41O2.4C2H6.W/c1-35(2,3)32-14-8-26(9-15-32)20-29-23-30(21-27-10-16-33(37-7)17-11-27)25-31(24-29)22-28-12-18-34(19-13-28)38-36(4,5)6;4*1-2;/h8-19,23-25H,7,20-22H2,1-6H3;4*1-2H3;/q-1;;;;;. The second-order valence-electron chi connectivity index (χ2n) is 12.3. The van der Waals surface area contributed by atoms with Gasteiger partial charge >= 0.3 is 0 Å². The van der Waals surface area contributed by atoms with Gasteiger partial charge in [-0.05, 0) is 109 Å². The molecule has 0 aromatic heterocycles. The summed E-state index contributed by atoms with van der Waals surface area (Å²) in [5.41, 5.74) is 9.18. The molecule has 0 amide bonds. The number of ether oxygens (including phenoxy) is 2. The van der Waals surface area contributed by atoms with Crippen LogP contribution in [-0.4, -0.2) is 5.60 Å². The minimum Gasteiger partial charge on any atom is -0.665 e. The first-order valence-electron chi connectivity index (χ1n) is 17.5. The third-order valence-corrected chi connectivity index (χ3v) is 6.59. The van der Waals surface area contributed by atoms with Crippen LogP contribution in [0, 0.1) is 7.11 Å². The molecule has 0 aliphatic carbocycles. The van der Waals surface area contributed by atoms with Crippen LogP contribution in [0.15, 0.2) is 91.0 Å². The summed E-state index contributed by atoms with van der Waals surface area (Å²) in [7, 11) is 3.51. The van der Waals surface area contributed by atoms with Gasteiger partial charge in [0.2, 0.25) is 0 Å². The monoisotopic (exact) mass is 809 g/mol. The van der Waals surface area contributed by atoms with E-state index in [1.54, 1.807) is 0 Å². The van der Waals surface area contributed by atoms with Crippen molar-refractivity contribution < 1.29 is 30.5 Å². The SMILES string of the molecule is CC.CC.CC.CC.[CH2-]Oc1ccc(Cc2cc(Cc3ccc(OC(C)(C)C)cc3)cc(Cc3ccc(C(C)(C)C)cc3)c2)cc1.[W]. The molecule has 47 heavy (non-hydrogen) atoms. The van der Waals surface area contributed by atoms with E-state index in [1.807, 2.05) is 67.5 Å². The van der Waals surface area contributed by atoms with Gasteiger partial charge in [0.15, 0.2) is 0 Å². The molecule has 4 rings (SSSR count). The summed E-state index contributed by atoms with van der Waals surface area (Å²) in [4.78, 5) is 0. The van der Waals surface area contributed by atoms with E-state index in [1.165, 1.54) is 38.9 Å². The molecule has 0 unspecified atom stereocenters. The first-order valence-corrected chi connectivity index (χ1v) is 17.5. The Morgan fingerprint density at radius 3 is 1.02 bits per heavy atom. The molecule has 0 saturated carbocycles. The van der Waals surface area contributed by atoms with Gasteiger partial charge < -0.3 is 9.47 Å². The molecule has 3 heteroatoms. The molecule has 0 heterocycles. The Morgan fingerprint density at radius 1 is 0.447 bits per heavy atom. The average molecular weight is 810 g/mol. The summed E-state index contributed by atoms with van der Waals surface area (Å²) in [6, 6.07) is 32.9. The van der Waals surface area contributed by atoms with Gasteiger partial charge in [-0.1, -0.05) is 143 Å². The van der Waals surface area contributed by atoms with Crippen LogP contribution >= 0.6 is 0 Å². The molecule has 0 atom stereocenters. The van der Waals surface area contributed by atoms with E-state index < -0.39 is 0 Å². The van der Waals surface area contributed by atoms with Gasteiger partial charge in [-0.15, -0.1) is 0 Å². The van der Waals surface area contributed by atoms with Crippen LogP contribution in [0.1, 0.15) is 136 Å². The number of hydrogen-bond acceptors (Lipinski definition) is 2. The first kappa shape index (κ1) is 46.3. The topological polar surface area (TPSA) is 18.5 Å². The van der Waals surface area contributed by atoms with Crippen molar-refractivity contribution in [2.24, 2.45) is 0 Å². The third kappa shape index (κ3) is 17.8. The molecule has 0 aliphatic heterocycles. The normalized spacial score (nSPS) is 10.1. The first-order chi connectivity index (χ1) is 22.0. The van der Waals surface area contributed by atoms with Crippen molar-refractivity contribution in [3.8, 4) is 11.5 Å². The molecular weight excluding hydrogens is 744 g/mol. The largest absolute Gasteiger partial charge is 0.665 e. The van der Waals surface area contributed by atoms with Crippen molar-refractivity contribution in [3.05, 3.63) is 137 Å². The van der Waals surface area contributed by atoms with Gasteiger partial charge in [0.1, 0.15) is 11.4 Å². The van der Waals surface area contributed by atoms with E-state index >= 15 is 0 Å². The summed E-state index contributed by atoms with van der Waals surface area (Å²) < 4.78 is 11.1. The van der Waals surface area contributed by atoms with E-state index in [9.17, 15) is 0 Å². The van der Waals surface area contributed by atoms with Crippen LogP contribution in [0.5, 0.6) is 11.5 Å². The second-order valence-corrected chi connectivity index (χ2v) is 12.3. The maximum Gasteiger partial charge on any atom is 0.120 e. The zero-order chi connectivity index (χ0) is 35.3. The Kier molecular flexibility index (Phi) is 24.0. The summed E-state index contributed by atoms with van der Waals surface area (Å²) in [6.45, 7) is 29.0. The van der Waals surface area contributed by atoms with Gasteiger partial charge in [-0.2, -0.15) is 7.11 Å². The minimum atomic E-state index is -0.201. The van der Waals surface area contributed by atoms with E-state index in [0.717, 1.165) is 30.8 Å². The molecule has 4 aromatic carbocycles. The molecular formula is C44H65O2W-. The number of benzene rings is 4. The van der Waals surface area contributed by atoms with Gasteiger partial charge in [0, 0.05) is 21.1 Å². The van der Waals surface area contributed by atoms with E-state index in [4.69, 9.17) is 9.47 Å². The fourth-order valence-corrected chi connectivity index (χ4v) is 4.71. The van der Waals surface area contributed by atoms with Gasteiger partial charge in [-0.3, -0.25) is 0 Å². The van der Waals surface area contributed by atoms with E-state index in [-0.39, 0.29) is 32.1 Å². The summed E-state index contributed by atoms with van der Waals surface area (Å²) in [5.74, 6) is 1.69. The average Bonchev–Trinajstić information content (AvgIpc) is 3.05. The van der Waals surface area contributed by atoms with Crippen molar-refractivity contribution in [1.29, 1.82) is 0 Å². The molecule has 0 N–H and O–H groups in total. The van der Waals surface area contributed by atoms with Crippen molar-refractivity contribution >= 4 is 0 Å². The Bertz CT molecular complexity index is 1320. The quantitative estimate of drug-likeness (QED) is 0.165. The van der Waals surface area contributed by atoms with E-state index in [2.05, 4.69) is 128 Å². The molecule has 0 saturated heterocycles. The zero-order valence-corrected chi connectivity index (χ0v) is 35.1. The summed E-state index contributed by atoms with van der Waals surface area (Å²) in [5, 5.41) is 0. The van der Waals surface area contributed by atoms with Crippen LogP contribution in [-0.2, 0) is 45.7 Å². The van der Waals surface area contributed by atoms with Gasteiger partial charge in [0.25, 0.3) is 0 Å². The predicted octanol–water partition coefficient (Wildman–Crippen LogP) is 13.2. The summed E-state index contributed by atoms with van der Waals surface area (Å²) >= 11 is 0. The van der Waals surface area contributed by atoms with Crippen molar-refractivity contribution in [2.75, 3.05) is 0 Å². The van der Waals surface area contributed by atoms with Crippen LogP contribution in [0.4, 0.5) is 0 Å².